The first-order valence-corrected chi connectivity index (χ1v) is 11.9. The molecule has 2 fully saturated rings. The Morgan fingerprint density at radius 2 is 1.29 bits per heavy atom. The Labute approximate surface area is 177 Å². The predicted octanol–water partition coefficient (Wildman–Crippen LogP) is 6.73. The van der Waals surface area contributed by atoms with E-state index in [4.69, 9.17) is 0 Å². The van der Waals surface area contributed by atoms with Crippen molar-refractivity contribution >= 4 is 0 Å². The predicted molar refractivity (Wildman–Crippen MR) is 127 cm³/mol. The second-order valence-electron chi connectivity index (χ2n) is 10.5. The van der Waals surface area contributed by atoms with E-state index < -0.39 is 0 Å². The molecular weight excluding hydrogens is 340 g/mol. The highest BCUT2D eigenvalue weighted by molar-refractivity contribution is 5.10. The molecule has 2 rings (SSSR count). The Morgan fingerprint density at radius 3 is 1.79 bits per heavy atom. The van der Waals surface area contributed by atoms with Crippen molar-refractivity contribution in [3.05, 3.63) is 24.3 Å². The van der Waals surface area contributed by atoms with Gasteiger partial charge in [-0.3, -0.25) is 0 Å². The van der Waals surface area contributed by atoms with Crippen LogP contribution in [0.5, 0.6) is 0 Å². The van der Waals surface area contributed by atoms with E-state index in [0.717, 1.165) is 17.9 Å². The smallest absolute Gasteiger partial charge is 0.0135 e. The Balaban J connectivity index is 0.000000280. The van der Waals surface area contributed by atoms with Gasteiger partial charge in [0.15, 0.2) is 0 Å². The summed E-state index contributed by atoms with van der Waals surface area (Å²) in [6.45, 7) is 26.4. The average molecular weight is 391 g/mol. The van der Waals surface area contributed by atoms with Gasteiger partial charge in [-0.05, 0) is 55.8 Å². The molecule has 4 atom stereocenters. The normalized spacial score (nSPS) is 27.6. The third kappa shape index (κ3) is 8.41. The fourth-order valence-corrected chi connectivity index (χ4v) is 4.87. The van der Waals surface area contributed by atoms with Gasteiger partial charge in [0.05, 0.1) is 0 Å². The van der Waals surface area contributed by atoms with Gasteiger partial charge in [0, 0.05) is 24.2 Å². The zero-order valence-corrected chi connectivity index (χ0v) is 20.3. The molecule has 0 amide bonds. The van der Waals surface area contributed by atoms with Gasteiger partial charge in [-0.1, -0.05) is 86.1 Å². The maximum absolute atomic E-state index is 4.25. The summed E-state index contributed by atoms with van der Waals surface area (Å²) < 4.78 is 0. The summed E-state index contributed by atoms with van der Waals surface area (Å²) in [6, 6.07) is 2.63. The molecule has 2 N–H and O–H groups in total. The van der Waals surface area contributed by atoms with Crippen molar-refractivity contribution in [3.8, 4) is 0 Å². The fraction of sp³-hybridized carbons (Fsp3) is 0.846. The summed E-state index contributed by atoms with van der Waals surface area (Å²) in [5.74, 6) is 2.77. The van der Waals surface area contributed by atoms with E-state index in [2.05, 4.69) is 79.2 Å². The Hall–Kier alpha value is -0.600. The molecule has 0 saturated heterocycles. The molecule has 164 valence electrons. The molecule has 0 aliphatic heterocycles. The number of nitrogens with one attached hydrogen (secondary N) is 2. The third-order valence-corrected chi connectivity index (χ3v) is 6.55. The molecule has 2 aliphatic rings. The average Bonchev–Trinajstić information content (AvgIpc) is 3.22. The van der Waals surface area contributed by atoms with Gasteiger partial charge in [0.2, 0.25) is 0 Å². The van der Waals surface area contributed by atoms with Crippen LogP contribution < -0.4 is 10.6 Å². The minimum Gasteiger partial charge on any atom is -0.312 e. The van der Waals surface area contributed by atoms with E-state index in [0.29, 0.717) is 30.0 Å². The van der Waals surface area contributed by atoms with Crippen molar-refractivity contribution in [1.29, 1.82) is 0 Å². The van der Waals surface area contributed by atoms with Crippen LogP contribution in [0.15, 0.2) is 24.3 Å². The third-order valence-electron chi connectivity index (χ3n) is 6.55. The largest absolute Gasteiger partial charge is 0.312 e. The van der Waals surface area contributed by atoms with Gasteiger partial charge >= 0.3 is 0 Å². The molecule has 2 saturated carbocycles. The molecule has 2 aliphatic carbocycles. The minimum absolute atomic E-state index is 0.598. The Morgan fingerprint density at radius 1 is 0.714 bits per heavy atom. The summed E-state index contributed by atoms with van der Waals surface area (Å²) in [6.07, 6.45) is 7.99. The molecule has 0 bridgehead atoms. The standard InChI is InChI=1S/2C13H25N/c1-9(2)11(5)12-6-7-13(8-12)14-10(3)4;1-9(2)11(5)12-7-6-8-13(12)14-10(3)4/h2*9-10,12-14H,5-8H2,1-4H3. The molecule has 0 radical (unpaired) electrons. The van der Waals surface area contributed by atoms with E-state index >= 15 is 0 Å². The molecule has 28 heavy (non-hydrogen) atoms. The second kappa shape index (κ2) is 12.2. The zero-order chi connectivity index (χ0) is 21.4. The molecule has 2 heteroatoms. The van der Waals surface area contributed by atoms with Crippen molar-refractivity contribution in [2.45, 2.75) is 118 Å². The van der Waals surface area contributed by atoms with E-state index in [9.17, 15) is 0 Å². The molecule has 0 aromatic heterocycles. The van der Waals surface area contributed by atoms with Crippen LogP contribution >= 0.6 is 0 Å². The van der Waals surface area contributed by atoms with Crippen LogP contribution in [0.2, 0.25) is 0 Å². The maximum Gasteiger partial charge on any atom is 0.0135 e. The second-order valence-corrected chi connectivity index (χ2v) is 10.5. The van der Waals surface area contributed by atoms with Crippen molar-refractivity contribution in [3.63, 3.8) is 0 Å². The van der Waals surface area contributed by atoms with E-state index in [1.807, 2.05) is 0 Å². The SMILES string of the molecule is C=C(C(C)C)C1CCC(NC(C)C)C1.C=C(C(C)C)C1CCCC1NC(C)C. The van der Waals surface area contributed by atoms with Gasteiger partial charge in [-0.25, -0.2) is 0 Å². The highest BCUT2D eigenvalue weighted by atomic mass is 15.0. The monoisotopic (exact) mass is 390 g/mol. The first kappa shape index (κ1) is 25.4. The fourth-order valence-electron chi connectivity index (χ4n) is 4.87. The molecular formula is C26H50N2. The van der Waals surface area contributed by atoms with Gasteiger partial charge in [0.25, 0.3) is 0 Å². The first-order valence-electron chi connectivity index (χ1n) is 11.9. The van der Waals surface area contributed by atoms with Crippen LogP contribution in [0.25, 0.3) is 0 Å². The quantitative estimate of drug-likeness (QED) is 0.449. The molecule has 4 unspecified atom stereocenters. The maximum atomic E-state index is 4.25. The Kier molecular flexibility index (Phi) is 11.1. The topological polar surface area (TPSA) is 24.1 Å². The molecule has 0 spiro atoms. The van der Waals surface area contributed by atoms with Crippen molar-refractivity contribution in [2.24, 2.45) is 23.7 Å². The van der Waals surface area contributed by atoms with E-state index in [1.54, 1.807) is 0 Å². The van der Waals surface area contributed by atoms with Crippen LogP contribution in [-0.2, 0) is 0 Å². The van der Waals surface area contributed by atoms with Crippen molar-refractivity contribution < 1.29 is 0 Å². The summed E-state index contributed by atoms with van der Waals surface area (Å²) in [7, 11) is 0. The number of allylic oxidation sites excluding steroid dienone is 1. The lowest BCUT2D eigenvalue weighted by atomic mass is 9.87. The number of hydrogen-bond donors (Lipinski definition) is 2. The minimum atomic E-state index is 0.598. The van der Waals surface area contributed by atoms with Crippen LogP contribution in [0.3, 0.4) is 0 Å². The van der Waals surface area contributed by atoms with E-state index in [1.165, 1.54) is 49.7 Å². The van der Waals surface area contributed by atoms with Gasteiger partial charge in [-0.15, -0.1) is 0 Å². The number of rotatable bonds is 8. The Bertz CT molecular complexity index is 475. The summed E-state index contributed by atoms with van der Waals surface area (Å²) >= 11 is 0. The summed E-state index contributed by atoms with van der Waals surface area (Å²) in [5, 5.41) is 7.29. The van der Waals surface area contributed by atoms with Gasteiger partial charge in [0.1, 0.15) is 0 Å². The highest BCUT2D eigenvalue weighted by Crippen LogP contribution is 2.35. The van der Waals surface area contributed by atoms with Crippen LogP contribution in [0.4, 0.5) is 0 Å². The van der Waals surface area contributed by atoms with Crippen LogP contribution in [-0.4, -0.2) is 24.2 Å². The molecule has 0 aromatic rings. The lowest BCUT2D eigenvalue weighted by molar-refractivity contribution is 0.392. The van der Waals surface area contributed by atoms with E-state index in [-0.39, 0.29) is 0 Å². The first-order chi connectivity index (χ1) is 13.0. The van der Waals surface area contributed by atoms with Crippen LogP contribution in [0, 0.1) is 23.7 Å². The van der Waals surface area contributed by atoms with Crippen molar-refractivity contribution in [2.75, 3.05) is 0 Å². The molecule has 2 nitrogen and oxygen atoms in total. The lowest BCUT2D eigenvalue weighted by Crippen LogP contribution is -2.38. The molecule has 0 aromatic carbocycles. The van der Waals surface area contributed by atoms with Crippen molar-refractivity contribution in [1.82, 2.24) is 10.6 Å². The van der Waals surface area contributed by atoms with Gasteiger partial charge < -0.3 is 10.6 Å². The van der Waals surface area contributed by atoms with Crippen LogP contribution in [0.1, 0.15) is 93.9 Å². The highest BCUT2D eigenvalue weighted by Gasteiger charge is 2.30. The van der Waals surface area contributed by atoms with Gasteiger partial charge in [-0.2, -0.15) is 0 Å². The summed E-state index contributed by atoms with van der Waals surface area (Å²) in [5.41, 5.74) is 2.90. The summed E-state index contributed by atoms with van der Waals surface area (Å²) in [4.78, 5) is 0. The molecule has 0 heterocycles. The number of hydrogen-bond acceptors (Lipinski definition) is 2. The zero-order valence-electron chi connectivity index (χ0n) is 20.3. The lowest BCUT2D eigenvalue weighted by Gasteiger charge is -2.26.